The standard InChI is InChI=1S/C9H9NO2.C8H11NO.C4H10N2O2/c1-7(12)10-9-4-2-8(6-11)3-5-9;1-10-8-5-3-2-4-7(8)6-9;5-2-1-3(6)4(7)8/h2-6H,1H3,(H,10,12);2-5H,6,9H2,1H3;3H,1-2,5-6H2,(H,7,8)/t;;3-/m..0/s1. The summed E-state index contributed by atoms with van der Waals surface area (Å²) in [6.07, 6.45) is 1.10. The summed E-state index contributed by atoms with van der Waals surface area (Å²) in [6.45, 7) is 2.30. The minimum Gasteiger partial charge on any atom is -0.496 e. The van der Waals surface area contributed by atoms with E-state index < -0.39 is 12.0 Å². The number of aldehydes is 1. The van der Waals surface area contributed by atoms with Crippen molar-refractivity contribution in [3.05, 3.63) is 59.7 Å². The molecule has 0 saturated heterocycles. The third-order valence-electron chi connectivity index (χ3n) is 3.57. The summed E-state index contributed by atoms with van der Waals surface area (Å²) in [7, 11) is 1.65. The molecule has 1 amide bonds. The molecule has 0 heterocycles. The van der Waals surface area contributed by atoms with Crippen molar-refractivity contribution in [3.63, 3.8) is 0 Å². The number of carboxylic acid groups (broad SMARTS) is 1. The molecule has 0 aliphatic rings. The van der Waals surface area contributed by atoms with E-state index in [-0.39, 0.29) is 5.91 Å². The van der Waals surface area contributed by atoms with Gasteiger partial charge in [0, 0.05) is 30.3 Å². The first kappa shape index (κ1) is 26.7. The van der Waals surface area contributed by atoms with Crippen molar-refractivity contribution < 1.29 is 24.2 Å². The molecule has 0 aromatic heterocycles. The number of anilines is 1. The molecule has 2 aromatic rings. The molecule has 1 atom stereocenters. The van der Waals surface area contributed by atoms with Crippen LogP contribution >= 0.6 is 0 Å². The molecule has 9 nitrogen and oxygen atoms in total. The van der Waals surface area contributed by atoms with Gasteiger partial charge in [0.05, 0.1) is 7.11 Å². The highest BCUT2D eigenvalue weighted by atomic mass is 16.5. The second-order valence-corrected chi connectivity index (χ2v) is 5.96. The number of nitrogens with one attached hydrogen (secondary N) is 1. The van der Waals surface area contributed by atoms with Gasteiger partial charge in [-0.1, -0.05) is 18.2 Å². The van der Waals surface area contributed by atoms with Gasteiger partial charge in [0.25, 0.3) is 0 Å². The van der Waals surface area contributed by atoms with Gasteiger partial charge in [-0.05, 0) is 43.3 Å². The second kappa shape index (κ2) is 15.6. The van der Waals surface area contributed by atoms with Gasteiger partial charge in [-0.3, -0.25) is 14.4 Å². The van der Waals surface area contributed by atoms with Gasteiger partial charge in [0.15, 0.2) is 0 Å². The maximum absolute atomic E-state index is 10.6. The molecular weight excluding hydrogens is 388 g/mol. The van der Waals surface area contributed by atoms with Gasteiger partial charge in [-0.2, -0.15) is 0 Å². The minimum absolute atomic E-state index is 0.117. The lowest BCUT2D eigenvalue weighted by Gasteiger charge is -2.03. The maximum Gasteiger partial charge on any atom is 0.320 e. The van der Waals surface area contributed by atoms with Gasteiger partial charge in [-0.15, -0.1) is 0 Å². The number of rotatable bonds is 7. The van der Waals surface area contributed by atoms with Gasteiger partial charge in [-0.25, -0.2) is 0 Å². The number of para-hydroxylation sites is 1. The van der Waals surface area contributed by atoms with Crippen LogP contribution in [0.2, 0.25) is 0 Å². The number of benzene rings is 2. The molecule has 0 aliphatic heterocycles. The van der Waals surface area contributed by atoms with E-state index in [0.717, 1.165) is 17.6 Å². The largest absolute Gasteiger partial charge is 0.496 e. The summed E-state index contributed by atoms with van der Waals surface area (Å²) in [5.41, 5.74) is 17.9. The number of methoxy groups -OCH3 is 1. The number of carbonyl (C=O) groups is 3. The maximum atomic E-state index is 10.6. The molecule has 9 heteroatoms. The topological polar surface area (TPSA) is 171 Å². The summed E-state index contributed by atoms with van der Waals surface area (Å²) in [6, 6.07) is 13.6. The van der Waals surface area contributed by atoms with Gasteiger partial charge in [0.1, 0.15) is 18.1 Å². The predicted octanol–water partition coefficient (Wildman–Crippen LogP) is 1.36. The normalized spacial score (nSPS) is 10.3. The van der Waals surface area contributed by atoms with Crippen LogP contribution in [0.4, 0.5) is 5.69 Å². The van der Waals surface area contributed by atoms with E-state index in [1.807, 2.05) is 24.3 Å². The molecule has 0 spiro atoms. The predicted molar refractivity (Wildman–Crippen MR) is 116 cm³/mol. The Labute approximate surface area is 176 Å². The zero-order valence-electron chi connectivity index (χ0n) is 17.2. The number of amides is 1. The number of ether oxygens (including phenoxy) is 1. The van der Waals surface area contributed by atoms with Gasteiger partial charge in [0.2, 0.25) is 5.91 Å². The third kappa shape index (κ3) is 11.5. The highest BCUT2D eigenvalue weighted by Gasteiger charge is 2.08. The Morgan fingerprint density at radius 1 is 1.13 bits per heavy atom. The molecular formula is C21H30N4O5. The molecule has 164 valence electrons. The lowest BCUT2D eigenvalue weighted by atomic mass is 10.2. The number of hydrogen-bond acceptors (Lipinski definition) is 7. The van der Waals surface area contributed by atoms with Crippen LogP contribution in [0.15, 0.2) is 48.5 Å². The van der Waals surface area contributed by atoms with E-state index in [1.54, 1.807) is 31.4 Å². The van der Waals surface area contributed by atoms with Crippen molar-refractivity contribution in [1.82, 2.24) is 0 Å². The molecule has 0 unspecified atom stereocenters. The van der Waals surface area contributed by atoms with Crippen LogP contribution in [0.5, 0.6) is 5.75 Å². The molecule has 0 saturated carbocycles. The number of aliphatic carboxylic acids is 1. The Morgan fingerprint density at radius 3 is 2.10 bits per heavy atom. The Kier molecular flexibility index (Phi) is 13.9. The molecule has 2 aromatic carbocycles. The Balaban J connectivity index is 0.000000431. The number of carbonyl (C=O) groups excluding carboxylic acids is 2. The summed E-state index contributed by atoms with van der Waals surface area (Å²) >= 11 is 0. The monoisotopic (exact) mass is 418 g/mol. The van der Waals surface area contributed by atoms with E-state index in [2.05, 4.69) is 5.32 Å². The number of nitrogens with two attached hydrogens (primary N) is 3. The average Bonchev–Trinajstić information content (AvgIpc) is 2.74. The zero-order valence-corrected chi connectivity index (χ0v) is 17.2. The number of carboxylic acids is 1. The lowest BCUT2D eigenvalue weighted by Crippen LogP contribution is -2.32. The van der Waals surface area contributed by atoms with Crippen molar-refractivity contribution in [2.75, 3.05) is 19.0 Å². The molecule has 8 N–H and O–H groups in total. The van der Waals surface area contributed by atoms with Crippen LogP contribution in [0, 0.1) is 0 Å². The van der Waals surface area contributed by atoms with Crippen LogP contribution in [0.3, 0.4) is 0 Å². The first-order valence-electron chi connectivity index (χ1n) is 9.12. The fourth-order valence-corrected chi connectivity index (χ4v) is 2.02. The highest BCUT2D eigenvalue weighted by molar-refractivity contribution is 5.89. The van der Waals surface area contributed by atoms with Crippen LogP contribution in [0.1, 0.15) is 29.3 Å². The molecule has 0 radical (unpaired) electrons. The molecule has 0 bridgehead atoms. The molecule has 0 aliphatic carbocycles. The van der Waals surface area contributed by atoms with Crippen molar-refractivity contribution >= 4 is 23.9 Å². The van der Waals surface area contributed by atoms with E-state index >= 15 is 0 Å². The van der Waals surface area contributed by atoms with Crippen molar-refractivity contribution in [3.8, 4) is 5.75 Å². The fraction of sp³-hybridized carbons (Fsp3) is 0.286. The highest BCUT2D eigenvalue weighted by Crippen LogP contribution is 2.15. The lowest BCUT2D eigenvalue weighted by molar-refractivity contribution is -0.138. The first-order valence-corrected chi connectivity index (χ1v) is 9.12. The van der Waals surface area contributed by atoms with E-state index in [1.165, 1.54) is 6.92 Å². The van der Waals surface area contributed by atoms with Crippen molar-refractivity contribution in [1.29, 1.82) is 0 Å². The van der Waals surface area contributed by atoms with Gasteiger partial charge >= 0.3 is 5.97 Å². The average molecular weight is 418 g/mol. The SMILES string of the molecule is CC(=O)Nc1ccc(C=O)cc1.COc1ccccc1CN.NCC[C@H](N)C(=O)O. The Bertz CT molecular complexity index is 758. The molecule has 30 heavy (non-hydrogen) atoms. The summed E-state index contributed by atoms with van der Waals surface area (Å²) < 4.78 is 5.06. The minimum atomic E-state index is -0.990. The van der Waals surface area contributed by atoms with E-state index in [9.17, 15) is 14.4 Å². The van der Waals surface area contributed by atoms with Crippen molar-refractivity contribution in [2.45, 2.75) is 25.9 Å². The van der Waals surface area contributed by atoms with E-state index in [4.69, 9.17) is 27.0 Å². The zero-order chi connectivity index (χ0) is 22.9. The summed E-state index contributed by atoms with van der Waals surface area (Å²) in [5.74, 6) is -0.241. The quantitative estimate of drug-likeness (QED) is 0.419. The molecule has 0 fully saturated rings. The van der Waals surface area contributed by atoms with Crippen LogP contribution in [0.25, 0.3) is 0 Å². The van der Waals surface area contributed by atoms with Crippen LogP contribution in [-0.4, -0.2) is 43.0 Å². The van der Waals surface area contributed by atoms with Crippen LogP contribution < -0.4 is 27.3 Å². The first-order chi connectivity index (χ1) is 14.3. The van der Waals surface area contributed by atoms with E-state index in [0.29, 0.717) is 30.8 Å². The smallest absolute Gasteiger partial charge is 0.320 e. The molecule has 2 rings (SSSR count). The Hall–Kier alpha value is -3.27. The summed E-state index contributed by atoms with van der Waals surface area (Å²) in [5, 5.41) is 10.7. The Morgan fingerprint density at radius 2 is 1.73 bits per heavy atom. The number of hydrogen-bond donors (Lipinski definition) is 5. The fourth-order valence-electron chi connectivity index (χ4n) is 2.02. The van der Waals surface area contributed by atoms with Crippen LogP contribution in [-0.2, 0) is 16.1 Å². The third-order valence-corrected chi connectivity index (χ3v) is 3.57. The summed E-state index contributed by atoms with van der Waals surface area (Å²) in [4.78, 5) is 30.7. The second-order valence-electron chi connectivity index (χ2n) is 5.96. The van der Waals surface area contributed by atoms with Gasteiger partial charge < -0.3 is 32.4 Å². The van der Waals surface area contributed by atoms with Crippen molar-refractivity contribution in [2.24, 2.45) is 17.2 Å².